The highest BCUT2D eigenvalue weighted by atomic mass is 16.5. The van der Waals surface area contributed by atoms with Crippen molar-refractivity contribution >= 4 is 11.0 Å². The lowest BCUT2D eigenvalue weighted by atomic mass is 9.63. The molecule has 1 fully saturated rings. The van der Waals surface area contributed by atoms with Gasteiger partial charge in [-0.2, -0.15) is 0 Å². The van der Waals surface area contributed by atoms with Gasteiger partial charge in [-0.25, -0.2) is 4.98 Å². The van der Waals surface area contributed by atoms with E-state index in [9.17, 15) is 0 Å². The van der Waals surface area contributed by atoms with E-state index in [1.165, 1.54) is 30.4 Å². The molecule has 0 amide bonds. The zero-order valence-corrected chi connectivity index (χ0v) is 19.6. The second-order valence-electron chi connectivity index (χ2n) is 9.75. The highest BCUT2D eigenvalue weighted by Crippen LogP contribution is 2.55. The van der Waals surface area contributed by atoms with E-state index in [-0.39, 0.29) is 5.41 Å². The molecule has 0 bridgehead atoms. The van der Waals surface area contributed by atoms with Crippen LogP contribution in [0.2, 0.25) is 0 Å². The van der Waals surface area contributed by atoms with Crippen LogP contribution in [-0.4, -0.2) is 9.97 Å². The number of para-hydroxylation sites is 2. The molecule has 2 aliphatic rings. The molecule has 1 saturated carbocycles. The fourth-order valence-electron chi connectivity index (χ4n) is 6.09. The van der Waals surface area contributed by atoms with Crippen molar-refractivity contribution in [2.24, 2.45) is 0 Å². The summed E-state index contributed by atoms with van der Waals surface area (Å²) < 4.78 is 6.39. The summed E-state index contributed by atoms with van der Waals surface area (Å²) in [6.07, 6.45) is 8.04. The normalized spacial score (nSPS) is 15.9. The molecule has 0 atom stereocenters. The van der Waals surface area contributed by atoms with Gasteiger partial charge in [0.05, 0.1) is 22.9 Å². The maximum atomic E-state index is 6.39. The average molecular weight is 455 g/mol. The fraction of sp³-hybridized carbons (Fsp3) is 0.188. The topological polar surface area (TPSA) is 35.0 Å². The van der Waals surface area contributed by atoms with Crippen molar-refractivity contribution in [2.45, 2.75) is 37.5 Å². The molecular weight excluding hydrogens is 428 g/mol. The molecule has 0 N–H and O–H groups in total. The first kappa shape index (κ1) is 20.4. The minimum atomic E-state index is 0.0171. The number of hydrogen-bond acceptors (Lipinski definition) is 3. The Bertz CT molecular complexity index is 1550. The van der Waals surface area contributed by atoms with Gasteiger partial charge in [-0.1, -0.05) is 79.9 Å². The van der Waals surface area contributed by atoms with Crippen molar-refractivity contribution in [3.8, 4) is 33.9 Å². The first-order valence-electron chi connectivity index (χ1n) is 12.6. The monoisotopic (exact) mass is 454 g/mol. The minimum absolute atomic E-state index is 0.0171. The summed E-state index contributed by atoms with van der Waals surface area (Å²) in [5.74, 6) is 1.99. The molecular formula is C32H26N2O. The second kappa shape index (κ2) is 8.06. The van der Waals surface area contributed by atoms with E-state index in [2.05, 4.69) is 84.9 Å². The van der Waals surface area contributed by atoms with Crippen LogP contribution in [0.1, 0.15) is 43.2 Å². The lowest BCUT2D eigenvalue weighted by Gasteiger charge is -2.43. The molecule has 4 aromatic carbocycles. The Morgan fingerprint density at radius 2 is 1.46 bits per heavy atom. The standard InChI is InChI=1S/C32H26N2O/c1-3-10-22(11-4-1)24-12-9-14-27-31(24)33-21-28(34-27)23-16-17-30-26(20-23)32(18-7-2-8-19-32)25-13-5-6-15-29(25)35-30/h1,3-6,9-17,20-21H,2,7-8,18-19H2. The zero-order valence-electron chi connectivity index (χ0n) is 19.6. The van der Waals surface area contributed by atoms with Gasteiger partial charge in [0.25, 0.3) is 0 Å². The van der Waals surface area contributed by atoms with E-state index in [0.717, 1.165) is 57.8 Å². The molecule has 0 saturated heterocycles. The number of nitrogens with zero attached hydrogens (tertiary/aromatic N) is 2. The predicted molar refractivity (Wildman–Crippen MR) is 141 cm³/mol. The number of benzene rings is 4. The minimum Gasteiger partial charge on any atom is -0.457 e. The van der Waals surface area contributed by atoms with Crippen LogP contribution < -0.4 is 4.74 Å². The van der Waals surface area contributed by atoms with E-state index >= 15 is 0 Å². The molecule has 7 rings (SSSR count). The number of aromatic nitrogens is 2. The summed E-state index contributed by atoms with van der Waals surface area (Å²) >= 11 is 0. The first-order chi connectivity index (χ1) is 17.3. The highest BCUT2D eigenvalue weighted by Gasteiger charge is 2.42. The van der Waals surface area contributed by atoms with Gasteiger partial charge in [-0.05, 0) is 48.7 Å². The number of fused-ring (bicyclic) bond motifs is 5. The maximum absolute atomic E-state index is 6.39. The lowest BCUT2D eigenvalue weighted by molar-refractivity contribution is 0.306. The summed E-state index contributed by atoms with van der Waals surface area (Å²) in [5, 5.41) is 0. The smallest absolute Gasteiger partial charge is 0.131 e. The maximum Gasteiger partial charge on any atom is 0.131 e. The molecule has 0 unspecified atom stereocenters. The molecule has 1 aromatic heterocycles. The van der Waals surface area contributed by atoms with E-state index in [1.807, 2.05) is 12.3 Å². The van der Waals surface area contributed by atoms with Crippen LogP contribution in [0, 0.1) is 0 Å². The number of ether oxygens (including phenoxy) is 1. The van der Waals surface area contributed by atoms with Crippen LogP contribution in [0.5, 0.6) is 11.5 Å². The molecule has 3 nitrogen and oxygen atoms in total. The summed E-state index contributed by atoms with van der Waals surface area (Å²) in [6.45, 7) is 0. The summed E-state index contributed by atoms with van der Waals surface area (Å²) in [6, 6.07) is 31.8. The van der Waals surface area contributed by atoms with Crippen LogP contribution in [-0.2, 0) is 5.41 Å². The molecule has 2 heterocycles. The molecule has 170 valence electrons. The van der Waals surface area contributed by atoms with Crippen molar-refractivity contribution in [1.82, 2.24) is 9.97 Å². The third-order valence-electron chi connectivity index (χ3n) is 7.78. The molecule has 5 aromatic rings. The SMILES string of the molecule is c1ccc(-c2cccc3nc(-c4ccc5c(c4)C4(CCCCC4)c4ccccc4O5)cnc23)cc1. The molecule has 3 heteroatoms. The summed E-state index contributed by atoms with van der Waals surface area (Å²) in [5.41, 5.74) is 8.75. The van der Waals surface area contributed by atoms with Crippen molar-refractivity contribution in [2.75, 3.05) is 0 Å². The molecule has 0 radical (unpaired) electrons. The number of rotatable bonds is 2. The van der Waals surface area contributed by atoms with Crippen molar-refractivity contribution in [3.63, 3.8) is 0 Å². The highest BCUT2D eigenvalue weighted by molar-refractivity contribution is 5.92. The summed E-state index contributed by atoms with van der Waals surface area (Å²) in [7, 11) is 0. The average Bonchev–Trinajstić information content (AvgIpc) is 2.93. The molecule has 1 spiro atoms. The third-order valence-corrected chi connectivity index (χ3v) is 7.78. The van der Waals surface area contributed by atoms with Crippen molar-refractivity contribution in [1.29, 1.82) is 0 Å². The van der Waals surface area contributed by atoms with Gasteiger partial charge in [-0.3, -0.25) is 4.98 Å². The van der Waals surface area contributed by atoms with Crippen molar-refractivity contribution < 1.29 is 4.74 Å². The first-order valence-corrected chi connectivity index (χ1v) is 12.6. The van der Waals surface area contributed by atoms with Gasteiger partial charge < -0.3 is 4.74 Å². The Morgan fingerprint density at radius 3 is 2.34 bits per heavy atom. The van der Waals surface area contributed by atoms with E-state index in [4.69, 9.17) is 14.7 Å². The third kappa shape index (κ3) is 3.26. The van der Waals surface area contributed by atoms with Gasteiger partial charge in [-0.15, -0.1) is 0 Å². The predicted octanol–water partition coefficient (Wildman–Crippen LogP) is 8.32. The van der Waals surface area contributed by atoms with Gasteiger partial charge in [0.15, 0.2) is 0 Å². The van der Waals surface area contributed by atoms with Gasteiger partial charge in [0, 0.05) is 27.7 Å². The van der Waals surface area contributed by atoms with E-state index in [0.29, 0.717) is 0 Å². The van der Waals surface area contributed by atoms with Crippen LogP contribution in [0.15, 0.2) is 97.2 Å². The Kier molecular flexibility index (Phi) is 4.70. The van der Waals surface area contributed by atoms with Crippen molar-refractivity contribution in [3.05, 3.63) is 108 Å². The van der Waals surface area contributed by atoms with E-state index in [1.54, 1.807) is 0 Å². The van der Waals surface area contributed by atoms with Gasteiger partial charge in [0.1, 0.15) is 11.5 Å². The van der Waals surface area contributed by atoms with Gasteiger partial charge >= 0.3 is 0 Å². The van der Waals surface area contributed by atoms with E-state index < -0.39 is 0 Å². The van der Waals surface area contributed by atoms with Crippen LogP contribution in [0.3, 0.4) is 0 Å². The number of hydrogen-bond donors (Lipinski definition) is 0. The largest absolute Gasteiger partial charge is 0.457 e. The molecule has 1 aliphatic heterocycles. The molecule has 35 heavy (non-hydrogen) atoms. The van der Waals surface area contributed by atoms with Crippen LogP contribution in [0.4, 0.5) is 0 Å². The zero-order chi connectivity index (χ0) is 23.2. The Balaban J connectivity index is 1.35. The Labute approximate surface area is 205 Å². The summed E-state index contributed by atoms with van der Waals surface area (Å²) in [4.78, 5) is 9.95. The van der Waals surface area contributed by atoms with Crippen LogP contribution in [0.25, 0.3) is 33.4 Å². The van der Waals surface area contributed by atoms with Crippen LogP contribution >= 0.6 is 0 Å². The van der Waals surface area contributed by atoms with Gasteiger partial charge in [0.2, 0.25) is 0 Å². The fourth-order valence-corrected chi connectivity index (χ4v) is 6.09. The quantitative estimate of drug-likeness (QED) is 0.269. The lowest BCUT2D eigenvalue weighted by Crippen LogP contribution is -2.33. The second-order valence-corrected chi connectivity index (χ2v) is 9.75. The Morgan fingerprint density at radius 1 is 0.657 bits per heavy atom. The Hall–Kier alpha value is -3.98. The molecule has 1 aliphatic carbocycles.